The van der Waals surface area contributed by atoms with E-state index in [4.69, 9.17) is 0 Å². The van der Waals surface area contributed by atoms with E-state index in [1.807, 2.05) is 72.8 Å². The maximum absolute atomic E-state index is 13.6. The first-order valence-electron chi connectivity index (χ1n) is 16.0. The van der Waals surface area contributed by atoms with Gasteiger partial charge in [-0.25, -0.2) is 0 Å². The predicted molar refractivity (Wildman–Crippen MR) is 196 cm³/mol. The van der Waals surface area contributed by atoms with Gasteiger partial charge in [0.25, 0.3) is 0 Å². The summed E-state index contributed by atoms with van der Waals surface area (Å²) in [6.07, 6.45) is 1.75. The second-order valence-corrected chi connectivity index (χ2v) is 12.1. The molecule has 0 N–H and O–H groups in total. The van der Waals surface area contributed by atoms with Crippen molar-refractivity contribution in [1.82, 2.24) is 4.57 Å². The highest BCUT2D eigenvalue weighted by Gasteiger charge is 2.33. The maximum atomic E-state index is 13.6. The van der Waals surface area contributed by atoms with Crippen LogP contribution in [0.25, 0.3) is 44.3 Å². The average Bonchev–Trinajstić information content (AvgIpc) is 3.58. The number of ketones is 2. The van der Waals surface area contributed by atoms with Crippen LogP contribution in [0.15, 0.2) is 169 Å². The van der Waals surface area contributed by atoms with Crippen LogP contribution in [0.1, 0.15) is 26.3 Å². The minimum absolute atomic E-state index is 0.200. The summed E-state index contributed by atoms with van der Waals surface area (Å²) in [4.78, 5) is 29.4. The van der Waals surface area contributed by atoms with Crippen molar-refractivity contribution in [1.29, 1.82) is 0 Å². The van der Waals surface area contributed by atoms with Gasteiger partial charge >= 0.3 is 0 Å². The van der Waals surface area contributed by atoms with Gasteiger partial charge in [-0.1, -0.05) is 97.1 Å². The molecule has 0 saturated carbocycles. The fourth-order valence-corrected chi connectivity index (χ4v) is 7.02. The molecule has 4 heteroatoms. The first-order valence-corrected chi connectivity index (χ1v) is 16.0. The van der Waals surface area contributed by atoms with Crippen LogP contribution in [0.4, 0.5) is 17.1 Å². The molecule has 0 radical (unpaired) electrons. The van der Waals surface area contributed by atoms with E-state index in [-0.39, 0.29) is 17.1 Å². The number of aromatic nitrogens is 1. The highest BCUT2D eigenvalue weighted by molar-refractivity contribution is 6.42. The highest BCUT2D eigenvalue weighted by atomic mass is 16.2. The van der Waals surface area contributed by atoms with Crippen molar-refractivity contribution in [3.8, 4) is 5.69 Å². The summed E-state index contributed by atoms with van der Waals surface area (Å²) in [5, 5.41) is 4.10. The number of carbonyl (C=O) groups excluding carboxylic acids is 2. The lowest BCUT2D eigenvalue weighted by molar-refractivity contribution is 0.0990. The SMILES string of the molecule is O=C1C(=Cc2ccc3c4ccc(N(c5ccccc5)c5ccccc5)cc4n(-c4ccccc4)c3c2)C(=O)c2cc3ccccc3cc21. The molecule has 48 heavy (non-hydrogen) atoms. The minimum Gasteiger partial charge on any atom is -0.310 e. The van der Waals surface area contributed by atoms with Crippen molar-refractivity contribution in [2.45, 2.75) is 0 Å². The van der Waals surface area contributed by atoms with E-state index in [0.717, 1.165) is 60.9 Å². The number of nitrogens with zero attached hydrogens (tertiary/aromatic N) is 2. The molecular formula is C44H28N2O2. The lowest BCUT2D eigenvalue weighted by atomic mass is 10.0. The third-order valence-electron chi connectivity index (χ3n) is 9.25. The zero-order valence-corrected chi connectivity index (χ0v) is 25.9. The zero-order chi connectivity index (χ0) is 32.2. The van der Waals surface area contributed by atoms with Gasteiger partial charge in [-0.05, 0) is 89.1 Å². The van der Waals surface area contributed by atoms with Crippen LogP contribution >= 0.6 is 0 Å². The van der Waals surface area contributed by atoms with Gasteiger partial charge in [-0.15, -0.1) is 0 Å². The zero-order valence-electron chi connectivity index (χ0n) is 25.9. The van der Waals surface area contributed by atoms with E-state index >= 15 is 0 Å². The van der Waals surface area contributed by atoms with Gasteiger partial charge < -0.3 is 9.47 Å². The molecule has 0 bridgehead atoms. The molecule has 0 atom stereocenters. The number of carbonyl (C=O) groups is 2. The van der Waals surface area contributed by atoms with Crippen molar-refractivity contribution in [2.24, 2.45) is 0 Å². The number of hydrogen-bond acceptors (Lipinski definition) is 3. The number of anilines is 3. The molecule has 7 aromatic carbocycles. The van der Waals surface area contributed by atoms with Gasteiger partial charge in [-0.3, -0.25) is 9.59 Å². The van der Waals surface area contributed by atoms with Crippen LogP contribution in [-0.4, -0.2) is 16.1 Å². The molecule has 8 aromatic rings. The minimum atomic E-state index is -0.226. The van der Waals surface area contributed by atoms with Gasteiger partial charge in [0.2, 0.25) is 0 Å². The summed E-state index contributed by atoms with van der Waals surface area (Å²) in [5.74, 6) is -0.452. The number of para-hydroxylation sites is 3. The number of benzene rings is 7. The summed E-state index contributed by atoms with van der Waals surface area (Å²) >= 11 is 0. The van der Waals surface area contributed by atoms with Crippen LogP contribution < -0.4 is 4.90 Å². The van der Waals surface area contributed by atoms with Crippen LogP contribution in [0.3, 0.4) is 0 Å². The topological polar surface area (TPSA) is 42.3 Å². The van der Waals surface area contributed by atoms with Crippen molar-refractivity contribution in [3.05, 3.63) is 186 Å². The van der Waals surface area contributed by atoms with E-state index in [9.17, 15) is 9.59 Å². The Morgan fingerprint density at radius 3 is 1.54 bits per heavy atom. The lowest BCUT2D eigenvalue weighted by Gasteiger charge is -2.25. The standard InChI is InChI=1S/C44H28N2O2/c47-43-38-26-30-12-10-11-13-31(30)27-39(38)44(48)40(43)24-29-20-22-36-37-23-21-35(28-42(37)46(41(36)25-29)34-18-8-3-9-19-34)45(32-14-4-1-5-15-32)33-16-6-2-7-17-33/h1-28H. The smallest absolute Gasteiger partial charge is 0.197 e. The summed E-state index contributed by atoms with van der Waals surface area (Å²) in [5.41, 5.74) is 8.19. The summed E-state index contributed by atoms with van der Waals surface area (Å²) in [6, 6.07) is 55.4. The van der Waals surface area contributed by atoms with E-state index < -0.39 is 0 Å². The normalized spacial score (nSPS) is 12.6. The molecule has 226 valence electrons. The van der Waals surface area contributed by atoms with Gasteiger partial charge in [0.05, 0.1) is 16.6 Å². The number of hydrogen-bond donors (Lipinski definition) is 0. The molecular weight excluding hydrogens is 588 g/mol. The Hall–Kier alpha value is -6.52. The molecule has 1 aromatic heterocycles. The molecule has 0 amide bonds. The average molecular weight is 617 g/mol. The Kier molecular flexibility index (Phi) is 6.41. The van der Waals surface area contributed by atoms with Gasteiger partial charge in [-0.2, -0.15) is 0 Å². The summed E-state index contributed by atoms with van der Waals surface area (Å²) in [7, 11) is 0. The lowest BCUT2D eigenvalue weighted by Crippen LogP contribution is -2.09. The molecule has 0 unspecified atom stereocenters. The molecule has 0 fully saturated rings. The van der Waals surface area contributed by atoms with Crippen LogP contribution in [0.5, 0.6) is 0 Å². The molecule has 4 nitrogen and oxygen atoms in total. The van der Waals surface area contributed by atoms with Crippen LogP contribution in [-0.2, 0) is 0 Å². The second kappa shape index (κ2) is 11.1. The highest BCUT2D eigenvalue weighted by Crippen LogP contribution is 2.40. The van der Waals surface area contributed by atoms with Gasteiger partial charge in [0, 0.05) is 44.6 Å². The first kappa shape index (κ1) is 27.8. The molecule has 1 heterocycles. The largest absolute Gasteiger partial charge is 0.310 e. The van der Waals surface area contributed by atoms with Crippen molar-refractivity contribution < 1.29 is 9.59 Å². The Balaban J connectivity index is 1.22. The fourth-order valence-electron chi connectivity index (χ4n) is 7.02. The second-order valence-electron chi connectivity index (χ2n) is 12.1. The van der Waals surface area contributed by atoms with E-state index in [2.05, 4.69) is 100 Å². The third kappa shape index (κ3) is 4.46. The molecule has 1 aliphatic rings. The van der Waals surface area contributed by atoms with Gasteiger partial charge in [0.1, 0.15) is 0 Å². The molecule has 0 aliphatic heterocycles. The van der Waals surface area contributed by atoms with Crippen molar-refractivity contribution >= 4 is 67.3 Å². The fraction of sp³-hybridized carbons (Fsp3) is 0. The van der Waals surface area contributed by atoms with Crippen LogP contribution in [0, 0.1) is 0 Å². The molecule has 1 aliphatic carbocycles. The summed E-state index contributed by atoms with van der Waals surface area (Å²) < 4.78 is 2.27. The molecule has 9 rings (SSSR count). The Bertz CT molecular complexity index is 2490. The van der Waals surface area contributed by atoms with Crippen molar-refractivity contribution in [2.75, 3.05) is 4.90 Å². The number of Topliss-reactive ketones (excluding diaryl/α,β-unsaturated/α-hetero) is 2. The first-order chi connectivity index (χ1) is 23.6. The Labute approximate surface area is 277 Å². The van der Waals surface area contributed by atoms with E-state index in [1.165, 1.54) is 0 Å². The number of allylic oxidation sites excluding steroid dienone is 1. The Morgan fingerprint density at radius 2 is 0.958 bits per heavy atom. The predicted octanol–water partition coefficient (Wildman–Crippen LogP) is 10.9. The third-order valence-corrected chi connectivity index (χ3v) is 9.25. The number of fused-ring (bicyclic) bond motifs is 5. The quantitative estimate of drug-likeness (QED) is 0.143. The molecule has 0 saturated heterocycles. The monoisotopic (exact) mass is 616 g/mol. The maximum Gasteiger partial charge on any atom is 0.197 e. The van der Waals surface area contributed by atoms with Gasteiger partial charge in [0.15, 0.2) is 11.6 Å². The molecule has 0 spiro atoms. The summed E-state index contributed by atoms with van der Waals surface area (Å²) in [6.45, 7) is 0. The van der Waals surface area contributed by atoms with Crippen LogP contribution in [0.2, 0.25) is 0 Å². The van der Waals surface area contributed by atoms with Crippen molar-refractivity contribution in [3.63, 3.8) is 0 Å². The van der Waals surface area contributed by atoms with E-state index in [1.54, 1.807) is 6.08 Å². The Morgan fingerprint density at radius 1 is 0.458 bits per heavy atom. The number of rotatable bonds is 5. The van der Waals surface area contributed by atoms with E-state index in [0.29, 0.717) is 11.1 Å².